The Balaban J connectivity index is 2.22. The number of piperidine rings is 1. The summed E-state index contributed by atoms with van der Waals surface area (Å²) in [6, 6.07) is 7.78. The van der Waals surface area contributed by atoms with Gasteiger partial charge in [-0.3, -0.25) is 4.79 Å². The fourth-order valence-corrected chi connectivity index (χ4v) is 2.69. The highest BCUT2D eigenvalue weighted by molar-refractivity contribution is 7.80. The lowest BCUT2D eigenvalue weighted by Gasteiger charge is -2.34. The molecule has 19 heavy (non-hydrogen) atoms. The topological polar surface area (TPSA) is 55.6 Å². The number of hydrogen-bond donors (Lipinski definition) is 1. The number of benzene rings is 1. The largest absolute Gasteiger partial charge is 0.469 e. The van der Waals surface area contributed by atoms with Gasteiger partial charge in [0, 0.05) is 24.3 Å². The van der Waals surface area contributed by atoms with Crippen molar-refractivity contribution in [3.05, 3.63) is 29.8 Å². The summed E-state index contributed by atoms with van der Waals surface area (Å²) >= 11 is 5.08. The Bertz CT molecular complexity index is 490. The SMILES string of the molecule is COC(=O)C1CCCN(c2ccccc2C(N)=S)C1. The summed E-state index contributed by atoms with van der Waals surface area (Å²) in [4.78, 5) is 14.2. The second kappa shape index (κ2) is 6.02. The number of thiocarbonyl (C=S) groups is 1. The quantitative estimate of drug-likeness (QED) is 0.674. The van der Waals surface area contributed by atoms with Gasteiger partial charge in [-0.1, -0.05) is 24.4 Å². The monoisotopic (exact) mass is 278 g/mol. The predicted molar refractivity (Wildman–Crippen MR) is 79.3 cm³/mol. The molecule has 4 nitrogen and oxygen atoms in total. The molecule has 0 aromatic heterocycles. The van der Waals surface area contributed by atoms with Gasteiger partial charge in [0.1, 0.15) is 4.99 Å². The van der Waals surface area contributed by atoms with Gasteiger partial charge in [0.2, 0.25) is 0 Å². The molecule has 0 spiro atoms. The van der Waals surface area contributed by atoms with Crippen molar-refractivity contribution in [2.24, 2.45) is 11.7 Å². The molecule has 1 fully saturated rings. The number of rotatable bonds is 3. The van der Waals surface area contributed by atoms with Crippen molar-refractivity contribution in [1.29, 1.82) is 0 Å². The number of carbonyl (C=O) groups excluding carboxylic acids is 1. The number of para-hydroxylation sites is 1. The highest BCUT2D eigenvalue weighted by Crippen LogP contribution is 2.26. The van der Waals surface area contributed by atoms with E-state index in [1.165, 1.54) is 7.11 Å². The Kier molecular flexibility index (Phi) is 4.37. The van der Waals surface area contributed by atoms with Crippen LogP contribution in [0.3, 0.4) is 0 Å². The van der Waals surface area contributed by atoms with E-state index in [1.54, 1.807) is 0 Å². The van der Waals surface area contributed by atoms with Gasteiger partial charge in [-0.2, -0.15) is 0 Å². The van der Waals surface area contributed by atoms with Crippen LogP contribution in [-0.2, 0) is 9.53 Å². The van der Waals surface area contributed by atoms with E-state index >= 15 is 0 Å². The number of ether oxygens (including phenoxy) is 1. The molecular weight excluding hydrogens is 260 g/mol. The van der Waals surface area contributed by atoms with Crippen molar-refractivity contribution >= 4 is 28.9 Å². The Morgan fingerprint density at radius 1 is 1.47 bits per heavy atom. The molecule has 1 heterocycles. The zero-order chi connectivity index (χ0) is 13.8. The van der Waals surface area contributed by atoms with Gasteiger partial charge in [-0.25, -0.2) is 0 Å². The van der Waals surface area contributed by atoms with E-state index in [1.807, 2.05) is 24.3 Å². The molecular formula is C14H18N2O2S. The smallest absolute Gasteiger partial charge is 0.310 e. The normalized spacial score (nSPS) is 19.0. The summed E-state index contributed by atoms with van der Waals surface area (Å²) in [6.45, 7) is 1.57. The molecule has 0 radical (unpaired) electrons. The number of esters is 1. The molecule has 1 unspecified atom stereocenters. The van der Waals surface area contributed by atoms with Crippen molar-refractivity contribution in [3.8, 4) is 0 Å². The summed E-state index contributed by atoms with van der Waals surface area (Å²) in [7, 11) is 1.43. The number of anilines is 1. The predicted octanol–water partition coefficient (Wildman–Crippen LogP) is 1.71. The first kappa shape index (κ1) is 13.8. The number of nitrogens with zero attached hydrogens (tertiary/aromatic N) is 1. The maximum atomic E-state index is 11.7. The number of hydrogen-bond acceptors (Lipinski definition) is 4. The van der Waals surface area contributed by atoms with Crippen LogP contribution in [0.5, 0.6) is 0 Å². The van der Waals surface area contributed by atoms with Crippen LogP contribution in [0.25, 0.3) is 0 Å². The number of methoxy groups -OCH3 is 1. The molecule has 1 aliphatic rings. The third kappa shape index (κ3) is 3.04. The van der Waals surface area contributed by atoms with Gasteiger partial charge in [-0.15, -0.1) is 0 Å². The summed E-state index contributed by atoms with van der Waals surface area (Å²) in [5.74, 6) is -0.212. The van der Waals surface area contributed by atoms with Gasteiger partial charge >= 0.3 is 5.97 Å². The first-order valence-corrected chi connectivity index (χ1v) is 6.76. The van der Waals surface area contributed by atoms with Gasteiger partial charge in [0.05, 0.1) is 13.0 Å². The third-order valence-electron chi connectivity index (χ3n) is 3.47. The fourth-order valence-electron chi connectivity index (χ4n) is 2.51. The van der Waals surface area contributed by atoms with E-state index in [2.05, 4.69) is 4.90 Å². The van der Waals surface area contributed by atoms with Crippen molar-refractivity contribution < 1.29 is 9.53 Å². The molecule has 1 saturated heterocycles. The Morgan fingerprint density at radius 3 is 2.89 bits per heavy atom. The number of carbonyl (C=O) groups is 1. The first-order chi connectivity index (χ1) is 9.13. The molecule has 1 aliphatic heterocycles. The molecule has 1 aromatic carbocycles. The second-order valence-corrected chi connectivity index (χ2v) is 5.13. The Morgan fingerprint density at radius 2 is 2.21 bits per heavy atom. The summed E-state index contributed by atoms with van der Waals surface area (Å²) in [6.07, 6.45) is 1.84. The second-order valence-electron chi connectivity index (χ2n) is 4.69. The van der Waals surface area contributed by atoms with Crippen LogP contribution in [0.2, 0.25) is 0 Å². The van der Waals surface area contributed by atoms with Crippen molar-refractivity contribution in [1.82, 2.24) is 0 Å². The molecule has 0 bridgehead atoms. The Hall–Kier alpha value is -1.62. The van der Waals surface area contributed by atoms with E-state index in [9.17, 15) is 4.79 Å². The van der Waals surface area contributed by atoms with Crippen LogP contribution >= 0.6 is 12.2 Å². The molecule has 102 valence electrons. The minimum absolute atomic E-state index is 0.0712. The lowest BCUT2D eigenvalue weighted by Crippen LogP contribution is -2.40. The van der Waals surface area contributed by atoms with Crippen LogP contribution in [0, 0.1) is 5.92 Å². The molecule has 5 heteroatoms. The van der Waals surface area contributed by atoms with Gasteiger partial charge in [-0.05, 0) is 25.0 Å². The van der Waals surface area contributed by atoms with Gasteiger partial charge < -0.3 is 15.4 Å². The molecule has 0 aliphatic carbocycles. The zero-order valence-corrected chi connectivity index (χ0v) is 11.8. The lowest BCUT2D eigenvalue weighted by molar-refractivity contribution is -0.145. The van der Waals surface area contributed by atoms with Crippen LogP contribution in [0.15, 0.2) is 24.3 Å². The maximum absolute atomic E-state index is 11.7. The summed E-state index contributed by atoms with van der Waals surface area (Å²) in [5, 5.41) is 0. The molecule has 2 N–H and O–H groups in total. The highest BCUT2D eigenvalue weighted by Gasteiger charge is 2.27. The molecule has 1 atom stereocenters. The molecule has 0 amide bonds. The summed E-state index contributed by atoms with van der Waals surface area (Å²) in [5.41, 5.74) is 7.62. The fraction of sp³-hybridized carbons (Fsp3) is 0.429. The average molecular weight is 278 g/mol. The standard InChI is InChI=1S/C14H18N2O2S/c1-18-14(17)10-5-4-8-16(9-10)12-7-3-2-6-11(12)13(15)19/h2-3,6-7,10H,4-5,8-9H2,1H3,(H2,15,19). The average Bonchev–Trinajstić information content (AvgIpc) is 2.46. The van der Waals surface area contributed by atoms with Crippen LogP contribution in [0.1, 0.15) is 18.4 Å². The molecule has 0 saturated carbocycles. The first-order valence-electron chi connectivity index (χ1n) is 6.35. The molecule has 1 aromatic rings. The van der Waals surface area contributed by atoms with Gasteiger partial charge in [0.25, 0.3) is 0 Å². The van der Waals surface area contributed by atoms with Crippen molar-refractivity contribution in [2.75, 3.05) is 25.1 Å². The highest BCUT2D eigenvalue weighted by atomic mass is 32.1. The van der Waals surface area contributed by atoms with Crippen molar-refractivity contribution in [3.63, 3.8) is 0 Å². The van der Waals surface area contributed by atoms with E-state index in [4.69, 9.17) is 22.7 Å². The molecule has 2 rings (SSSR count). The lowest BCUT2D eigenvalue weighted by atomic mass is 9.97. The van der Waals surface area contributed by atoms with Crippen LogP contribution in [0.4, 0.5) is 5.69 Å². The minimum Gasteiger partial charge on any atom is -0.469 e. The Labute approximate surface area is 118 Å². The zero-order valence-electron chi connectivity index (χ0n) is 11.0. The van der Waals surface area contributed by atoms with Crippen LogP contribution in [-0.4, -0.2) is 31.2 Å². The van der Waals surface area contributed by atoms with Crippen molar-refractivity contribution in [2.45, 2.75) is 12.8 Å². The van der Waals surface area contributed by atoms with E-state index < -0.39 is 0 Å². The summed E-state index contributed by atoms with van der Waals surface area (Å²) < 4.78 is 4.84. The van der Waals surface area contributed by atoms with Crippen LogP contribution < -0.4 is 10.6 Å². The van der Waals surface area contributed by atoms with E-state index in [0.717, 1.165) is 30.6 Å². The van der Waals surface area contributed by atoms with Gasteiger partial charge in [0.15, 0.2) is 0 Å². The third-order valence-corrected chi connectivity index (χ3v) is 3.69. The van der Waals surface area contributed by atoms with E-state index in [-0.39, 0.29) is 11.9 Å². The maximum Gasteiger partial charge on any atom is 0.310 e. The van der Waals surface area contributed by atoms with E-state index in [0.29, 0.717) is 11.5 Å². The number of nitrogens with two attached hydrogens (primary N) is 1. The minimum atomic E-state index is -0.141.